The van der Waals surface area contributed by atoms with E-state index in [0.29, 0.717) is 17.6 Å². The van der Waals surface area contributed by atoms with Gasteiger partial charge in [-0.05, 0) is 69.0 Å². The van der Waals surface area contributed by atoms with Gasteiger partial charge < -0.3 is 0 Å². The highest BCUT2D eigenvalue weighted by Crippen LogP contribution is 2.27. The van der Waals surface area contributed by atoms with E-state index in [0.717, 1.165) is 32.0 Å². The molecule has 0 amide bonds. The first-order valence-corrected chi connectivity index (χ1v) is 10.5. The second-order valence-corrected chi connectivity index (χ2v) is 8.93. The summed E-state index contributed by atoms with van der Waals surface area (Å²) in [4.78, 5) is 28.7. The zero-order valence-electron chi connectivity index (χ0n) is 17.4. The van der Waals surface area contributed by atoms with Crippen molar-refractivity contribution in [1.29, 1.82) is 0 Å². The van der Waals surface area contributed by atoms with Crippen LogP contribution in [0.3, 0.4) is 0 Å². The highest BCUT2D eigenvalue weighted by molar-refractivity contribution is 7.18. The number of fused-ring (bicyclic) bond motifs is 1. The van der Waals surface area contributed by atoms with E-state index in [2.05, 4.69) is 0 Å². The minimum Gasteiger partial charge on any atom is -0.280 e. The maximum atomic E-state index is 13.5. The Morgan fingerprint density at radius 1 is 0.862 bits per heavy atom. The lowest BCUT2D eigenvalue weighted by Crippen LogP contribution is -2.39. The van der Waals surface area contributed by atoms with Gasteiger partial charge in [-0.15, -0.1) is 11.3 Å². The smallest absolute Gasteiger partial charge is 0.280 e. The fourth-order valence-corrected chi connectivity index (χ4v) is 4.71. The van der Waals surface area contributed by atoms with Crippen LogP contribution < -0.4 is 11.2 Å². The summed E-state index contributed by atoms with van der Waals surface area (Å²) in [6, 6.07) is 13.9. The van der Waals surface area contributed by atoms with E-state index in [1.165, 1.54) is 21.5 Å². The fourth-order valence-electron chi connectivity index (χ4n) is 3.57. The van der Waals surface area contributed by atoms with Crippen molar-refractivity contribution >= 4 is 21.6 Å². The molecule has 2 aromatic heterocycles. The van der Waals surface area contributed by atoms with Crippen LogP contribution in [0.4, 0.5) is 0 Å². The SMILES string of the molecule is Cc1ccc(Cn2c(=O)n(-c3ccc(C)c(C)c3)c(=O)c3c(C)c(C)sc32)cc1. The van der Waals surface area contributed by atoms with Crippen LogP contribution in [0.1, 0.15) is 32.7 Å². The van der Waals surface area contributed by atoms with Gasteiger partial charge in [0.1, 0.15) is 4.83 Å². The molecule has 0 aliphatic rings. The van der Waals surface area contributed by atoms with Gasteiger partial charge in [0.05, 0.1) is 17.6 Å². The van der Waals surface area contributed by atoms with E-state index in [4.69, 9.17) is 0 Å². The summed E-state index contributed by atoms with van der Waals surface area (Å²) in [7, 11) is 0. The van der Waals surface area contributed by atoms with Gasteiger partial charge in [0.25, 0.3) is 5.56 Å². The summed E-state index contributed by atoms with van der Waals surface area (Å²) in [6.07, 6.45) is 0. The van der Waals surface area contributed by atoms with Crippen LogP contribution in [0.25, 0.3) is 15.9 Å². The topological polar surface area (TPSA) is 44.0 Å². The van der Waals surface area contributed by atoms with Gasteiger partial charge in [-0.1, -0.05) is 35.9 Å². The Labute approximate surface area is 173 Å². The van der Waals surface area contributed by atoms with Gasteiger partial charge in [0.2, 0.25) is 0 Å². The molecule has 2 heterocycles. The molecule has 0 unspecified atom stereocenters. The Balaban J connectivity index is 2.05. The van der Waals surface area contributed by atoms with E-state index in [9.17, 15) is 9.59 Å². The molecule has 0 radical (unpaired) electrons. The molecule has 0 fully saturated rings. The van der Waals surface area contributed by atoms with Crippen molar-refractivity contribution < 1.29 is 0 Å². The van der Waals surface area contributed by atoms with Gasteiger partial charge >= 0.3 is 5.69 Å². The van der Waals surface area contributed by atoms with Crippen molar-refractivity contribution in [1.82, 2.24) is 9.13 Å². The molecule has 0 aliphatic heterocycles. The quantitative estimate of drug-likeness (QED) is 0.492. The Morgan fingerprint density at radius 3 is 2.21 bits per heavy atom. The predicted molar refractivity (Wildman–Crippen MR) is 121 cm³/mol. The molecule has 4 nitrogen and oxygen atoms in total. The number of hydrogen-bond acceptors (Lipinski definition) is 3. The normalized spacial score (nSPS) is 11.3. The van der Waals surface area contributed by atoms with Crippen molar-refractivity contribution in [3.63, 3.8) is 0 Å². The lowest BCUT2D eigenvalue weighted by Gasteiger charge is -2.13. The van der Waals surface area contributed by atoms with E-state index >= 15 is 0 Å². The van der Waals surface area contributed by atoms with Gasteiger partial charge in [0.15, 0.2) is 0 Å². The molecule has 0 N–H and O–H groups in total. The Kier molecular flexibility index (Phi) is 4.79. The summed E-state index contributed by atoms with van der Waals surface area (Å²) < 4.78 is 3.06. The second kappa shape index (κ2) is 7.16. The van der Waals surface area contributed by atoms with Crippen LogP contribution >= 0.6 is 11.3 Å². The largest absolute Gasteiger partial charge is 0.337 e. The molecule has 5 heteroatoms. The van der Waals surface area contributed by atoms with Crippen LogP contribution in [-0.2, 0) is 6.54 Å². The number of hydrogen-bond donors (Lipinski definition) is 0. The van der Waals surface area contributed by atoms with Crippen LogP contribution in [0.5, 0.6) is 0 Å². The second-order valence-electron chi connectivity index (χ2n) is 7.73. The predicted octanol–water partition coefficient (Wildman–Crippen LogP) is 4.80. The number of benzene rings is 2. The van der Waals surface area contributed by atoms with Crippen molar-refractivity contribution in [2.24, 2.45) is 0 Å². The van der Waals surface area contributed by atoms with Gasteiger partial charge in [-0.3, -0.25) is 9.36 Å². The molecule has 0 bridgehead atoms. The maximum absolute atomic E-state index is 13.5. The fraction of sp³-hybridized carbons (Fsp3) is 0.250. The van der Waals surface area contributed by atoms with Crippen LogP contribution in [-0.4, -0.2) is 9.13 Å². The molecule has 0 saturated heterocycles. The summed E-state index contributed by atoms with van der Waals surface area (Å²) in [5.74, 6) is 0. The zero-order valence-corrected chi connectivity index (χ0v) is 18.2. The third-order valence-corrected chi connectivity index (χ3v) is 6.89. The van der Waals surface area contributed by atoms with Crippen LogP contribution in [0, 0.1) is 34.6 Å². The molecule has 4 aromatic rings. The number of thiophene rings is 1. The summed E-state index contributed by atoms with van der Waals surface area (Å²) in [5, 5.41) is 0.637. The van der Waals surface area contributed by atoms with Crippen molar-refractivity contribution in [2.45, 2.75) is 41.2 Å². The number of nitrogens with zero attached hydrogens (tertiary/aromatic N) is 2. The summed E-state index contributed by atoms with van der Waals surface area (Å²) in [6.45, 7) is 10.4. The summed E-state index contributed by atoms with van der Waals surface area (Å²) >= 11 is 1.52. The van der Waals surface area contributed by atoms with Crippen LogP contribution in [0.15, 0.2) is 52.1 Å². The van der Waals surface area contributed by atoms with E-state index in [-0.39, 0.29) is 11.2 Å². The van der Waals surface area contributed by atoms with Gasteiger partial charge in [0, 0.05) is 4.88 Å². The Morgan fingerprint density at radius 2 is 1.55 bits per heavy atom. The Bertz CT molecular complexity index is 1360. The first kappa shape index (κ1) is 19.4. The highest BCUT2D eigenvalue weighted by Gasteiger charge is 2.20. The van der Waals surface area contributed by atoms with E-state index < -0.39 is 0 Å². The van der Waals surface area contributed by atoms with E-state index in [1.54, 1.807) is 4.57 Å². The van der Waals surface area contributed by atoms with Crippen LogP contribution in [0.2, 0.25) is 0 Å². The first-order valence-electron chi connectivity index (χ1n) is 9.66. The number of aromatic nitrogens is 2. The van der Waals surface area contributed by atoms with Gasteiger partial charge in [-0.25, -0.2) is 9.36 Å². The molecule has 2 aromatic carbocycles. The third kappa shape index (κ3) is 3.25. The molecular formula is C24H24N2O2S. The highest BCUT2D eigenvalue weighted by atomic mass is 32.1. The minimum absolute atomic E-state index is 0.241. The lowest BCUT2D eigenvalue weighted by atomic mass is 10.1. The minimum atomic E-state index is -0.299. The summed E-state index contributed by atoms with van der Waals surface area (Å²) in [5.41, 5.74) is 5.42. The van der Waals surface area contributed by atoms with Crippen molar-refractivity contribution in [2.75, 3.05) is 0 Å². The van der Waals surface area contributed by atoms with Crippen molar-refractivity contribution in [3.8, 4) is 5.69 Å². The van der Waals surface area contributed by atoms with Crippen molar-refractivity contribution in [3.05, 3.63) is 96.0 Å². The molecule has 4 rings (SSSR count). The average molecular weight is 405 g/mol. The molecular weight excluding hydrogens is 380 g/mol. The standard InChI is InChI=1S/C24H24N2O2S/c1-14-6-9-19(10-7-14)13-25-23-21(17(4)18(5)29-23)22(27)26(24(25)28)20-11-8-15(2)16(3)12-20/h6-12H,13H2,1-5H3. The zero-order chi connectivity index (χ0) is 20.9. The molecule has 0 saturated carbocycles. The van der Waals surface area contributed by atoms with Gasteiger partial charge in [-0.2, -0.15) is 0 Å². The molecule has 0 atom stereocenters. The average Bonchev–Trinajstić information content (AvgIpc) is 2.98. The monoisotopic (exact) mass is 404 g/mol. The Hall–Kier alpha value is -2.92. The molecule has 0 spiro atoms. The lowest BCUT2D eigenvalue weighted by molar-refractivity contribution is 0.718. The maximum Gasteiger partial charge on any atom is 0.337 e. The molecule has 0 aliphatic carbocycles. The van der Waals surface area contributed by atoms with E-state index in [1.807, 2.05) is 77.1 Å². The third-order valence-electron chi connectivity index (χ3n) is 5.66. The first-order chi connectivity index (χ1) is 13.8. The molecule has 148 valence electrons. The number of rotatable bonds is 3. The molecule has 29 heavy (non-hydrogen) atoms. The number of aryl methyl sites for hydroxylation is 5.